The van der Waals surface area contributed by atoms with Gasteiger partial charge < -0.3 is 15.6 Å². The van der Waals surface area contributed by atoms with Crippen molar-refractivity contribution in [2.45, 2.75) is 5.41 Å². The molecule has 0 heterocycles. The van der Waals surface area contributed by atoms with E-state index in [0.717, 1.165) is 11.1 Å². The van der Waals surface area contributed by atoms with Gasteiger partial charge in [-0.05, 0) is 11.1 Å². The van der Waals surface area contributed by atoms with Crippen molar-refractivity contribution in [3.8, 4) is 0 Å². The van der Waals surface area contributed by atoms with Crippen LogP contribution in [0.25, 0.3) is 0 Å². The molecular formula is C16H17NO3. The Balaban J connectivity index is 2.49. The maximum Gasteiger partial charge on any atom is 0.404 e. The van der Waals surface area contributed by atoms with Crippen molar-refractivity contribution in [2.75, 3.05) is 13.2 Å². The first kappa shape index (κ1) is 14.1. The first-order chi connectivity index (χ1) is 9.69. The number of rotatable bonds is 5. The molecule has 4 heteroatoms. The third-order valence-electron chi connectivity index (χ3n) is 3.38. The van der Waals surface area contributed by atoms with Crippen molar-refractivity contribution in [3.63, 3.8) is 0 Å². The zero-order valence-electron chi connectivity index (χ0n) is 11.0. The molecule has 0 aliphatic carbocycles. The minimum atomic E-state index is -0.852. The summed E-state index contributed by atoms with van der Waals surface area (Å²) in [5, 5.41) is 9.96. The monoisotopic (exact) mass is 271 g/mol. The highest BCUT2D eigenvalue weighted by atomic mass is 16.5. The Kier molecular flexibility index (Phi) is 4.38. The Morgan fingerprint density at radius 2 is 1.45 bits per heavy atom. The van der Waals surface area contributed by atoms with Gasteiger partial charge in [-0.25, -0.2) is 4.79 Å². The number of benzene rings is 2. The van der Waals surface area contributed by atoms with Gasteiger partial charge in [0.15, 0.2) is 0 Å². The molecule has 0 saturated heterocycles. The van der Waals surface area contributed by atoms with Crippen molar-refractivity contribution < 1.29 is 14.6 Å². The summed E-state index contributed by atoms with van der Waals surface area (Å²) >= 11 is 0. The molecule has 104 valence electrons. The average Bonchev–Trinajstić information content (AvgIpc) is 2.50. The largest absolute Gasteiger partial charge is 0.448 e. The minimum Gasteiger partial charge on any atom is -0.448 e. The summed E-state index contributed by atoms with van der Waals surface area (Å²) in [5.41, 5.74) is 6.00. The van der Waals surface area contributed by atoms with Crippen LogP contribution in [0.3, 0.4) is 0 Å². The zero-order chi connectivity index (χ0) is 14.4. The molecule has 0 aliphatic heterocycles. The quantitative estimate of drug-likeness (QED) is 0.874. The van der Waals surface area contributed by atoms with Crippen molar-refractivity contribution in [3.05, 3.63) is 71.8 Å². The smallest absolute Gasteiger partial charge is 0.404 e. The molecule has 0 aliphatic rings. The van der Waals surface area contributed by atoms with Crippen LogP contribution in [0.4, 0.5) is 4.79 Å². The molecule has 0 atom stereocenters. The summed E-state index contributed by atoms with van der Waals surface area (Å²) < 4.78 is 4.99. The van der Waals surface area contributed by atoms with Crippen LogP contribution in [-0.2, 0) is 10.2 Å². The Labute approximate surface area is 117 Å². The lowest BCUT2D eigenvalue weighted by molar-refractivity contribution is 0.106. The lowest BCUT2D eigenvalue weighted by Gasteiger charge is -2.32. The summed E-state index contributed by atoms with van der Waals surface area (Å²) in [5.74, 6) is 0. The van der Waals surface area contributed by atoms with Gasteiger partial charge in [0, 0.05) is 0 Å². The molecular weight excluding hydrogens is 254 g/mol. The second-order valence-corrected chi connectivity index (χ2v) is 4.58. The number of aliphatic hydroxyl groups is 1. The van der Waals surface area contributed by atoms with Crippen LogP contribution < -0.4 is 5.73 Å². The van der Waals surface area contributed by atoms with Crippen LogP contribution in [0.15, 0.2) is 60.7 Å². The molecule has 0 saturated carbocycles. The standard InChI is InChI=1S/C16H17NO3/c17-15(19)20-12-16(11-18,13-7-3-1-4-8-13)14-9-5-2-6-10-14/h1-10,18H,11-12H2,(H2,17,19). The molecule has 2 rings (SSSR count). The summed E-state index contributed by atoms with van der Waals surface area (Å²) in [6.45, 7) is -0.193. The number of carbonyl (C=O) groups is 1. The van der Waals surface area contributed by atoms with Gasteiger partial charge in [0.2, 0.25) is 0 Å². The van der Waals surface area contributed by atoms with Crippen molar-refractivity contribution in [2.24, 2.45) is 5.73 Å². The third kappa shape index (κ3) is 2.81. The Hall–Kier alpha value is -2.33. The number of aliphatic hydroxyl groups excluding tert-OH is 1. The predicted molar refractivity (Wildman–Crippen MR) is 76.3 cm³/mol. The van der Waals surface area contributed by atoms with E-state index in [1.807, 2.05) is 60.7 Å². The second-order valence-electron chi connectivity index (χ2n) is 4.58. The van der Waals surface area contributed by atoms with E-state index in [9.17, 15) is 9.90 Å². The topological polar surface area (TPSA) is 72.6 Å². The minimum absolute atomic E-state index is 0.00708. The zero-order valence-corrected chi connectivity index (χ0v) is 11.0. The van der Waals surface area contributed by atoms with Crippen molar-refractivity contribution >= 4 is 6.09 Å². The van der Waals surface area contributed by atoms with E-state index >= 15 is 0 Å². The Bertz CT molecular complexity index is 515. The normalized spacial score (nSPS) is 11.1. The van der Waals surface area contributed by atoms with Gasteiger partial charge in [0.05, 0.1) is 12.0 Å². The number of hydrogen-bond donors (Lipinski definition) is 2. The third-order valence-corrected chi connectivity index (χ3v) is 3.38. The molecule has 1 amide bonds. The van der Waals surface area contributed by atoms with E-state index in [1.165, 1.54) is 0 Å². The highest BCUT2D eigenvalue weighted by Gasteiger charge is 2.35. The average molecular weight is 271 g/mol. The molecule has 0 spiro atoms. The number of primary amides is 1. The van der Waals surface area contributed by atoms with Gasteiger partial charge in [-0.15, -0.1) is 0 Å². The fourth-order valence-electron chi connectivity index (χ4n) is 2.27. The van der Waals surface area contributed by atoms with Gasteiger partial charge in [-0.1, -0.05) is 60.7 Å². The Morgan fingerprint density at radius 3 is 1.80 bits per heavy atom. The summed E-state index contributed by atoms with van der Waals surface area (Å²) in [6, 6.07) is 18.9. The fraction of sp³-hybridized carbons (Fsp3) is 0.188. The molecule has 4 nitrogen and oxygen atoms in total. The number of carbonyl (C=O) groups excluding carboxylic acids is 1. The van der Waals surface area contributed by atoms with E-state index in [-0.39, 0.29) is 13.2 Å². The van der Waals surface area contributed by atoms with Crippen LogP contribution in [0.1, 0.15) is 11.1 Å². The molecule has 0 aromatic heterocycles. The molecule has 20 heavy (non-hydrogen) atoms. The lowest BCUT2D eigenvalue weighted by Crippen LogP contribution is -2.39. The Morgan fingerprint density at radius 1 is 1.00 bits per heavy atom. The molecule has 3 N–H and O–H groups in total. The van der Waals surface area contributed by atoms with Crippen molar-refractivity contribution in [1.29, 1.82) is 0 Å². The number of nitrogens with two attached hydrogens (primary N) is 1. The van der Waals surface area contributed by atoms with Crippen LogP contribution >= 0.6 is 0 Å². The molecule has 0 unspecified atom stereocenters. The van der Waals surface area contributed by atoms with E-state index in [0.29, 0.717) is 0 Å². The van der Waals surface area contributed by atoms with Gasteiger partial charge in [0.1, 0.15) is 6.61 Å². The molecule has 0 bridgehead atoms. The first-order valence-electron chi connectivity index (χ1n) is 6.33. The maximum absolute atomic E-state index is 10.9. The fourth-order valence-corrected chi connectivity index (χ4v) is 2.27. The van der Waals surface area contributed by atoms with Crippen LogP contribution in [0, 0.1) is 0 Å². The molecule has 0 radical (unpaired) electrons. The van der Waals surface area contributed by atoms with Crippen LogP contribution in [-0.4, -0.2) is 24.4 Å². The highest BCUT2D eigenvalue weighted by molar-refractivity contribution is 5.64. The van der Waals surface area contributed by atoms with Crippen LogP contribution in [0.2, 0.25) is 0 Å². The number of ether oxygens (including phenoxy) is 1. The first-order valence-corrected chi connectivity index (χ1v) is 6.33. The van der Waals surface area contributed by atoms with E-state index in [4.69, 9.17) is 10.5 Å². The van der Waals surface area contributed by atoms with E-state index in [2.05, 4.69) is 0 Å². The van der Waals surface area contributed by atoms with Crippen molar-refractivity contribution in [1.82, 2.24) is 0 Å². The number of amides is 1. The van der Waals surface area contributed by atoms with Gasteiger partial charge in [-0.2, -0.15) is 0 Å². The molecule has 2 aromatic carbocycles. The molecule has 2 aromatic rings. The SMILES string of the molecule is NC(=O)OCC(CO)(c1ccccc1)c1ccccc1. The highest BCUT2D eigenvalue weighted by Crippen LogP contribution is 2.32. The van der Waals surface area contributed by atoms with E-state index in [1.54, 1.807) is 0 Å². The summed E-state index contributed by atoms with van der Waals surface area (Å²) in [4.78, 5) is 10.9. The van der Waals surface area contributed by atoms with Gasteiger partial charge >= 0.3 is 6.09 Å². The lowest BCUT2D eigenvalue weighted by atomic mass is 9.76. The number of hydrogen-bond acceptors (Lipinski definition) is 3. The van der Waals surface area contributed by atoms with Crippen LogP contribution in [0.5, 0.6) is 0 Å². The van der Waals surface area contributed by atoms with E-state index < -0.39 is 11.5 Å². The van der Waals surface area contributed by atoms with Gasteiger partial charge in [-0.3, -0.25) is 0 Å². The second kappa shape index (κ2) is 6.21. The summed E-state index contributed by atoms with van der Waals surface area (Å²) in [7, 11) is 0. The predicted octanol–water partition coefficient (Wildman–Crippen LogP) is 2.06. The summed E-state index contributed by atoms with van der Waals surface area (Å²) in [6.07, 6.45) is -0.852. The van der Waals surface area contributed by atoms with Gasteiger partial charge in [0.25, 0.3) is 0 Å². The maximum atomic E-state index is 10.9. The molecule has 0 fully saturated rings.